The summed E-state index contributed by atoms with van der Waals surface area (Å²) in [4.78, 5) is 0. The van der Waals surface area contributed by atoms with E-state index in [1.54, 1.807) is 0 Å². The zero-order valence-electron chi connectivity index (χ0n) is 14.6. The van der Waals surface area contributed by atoms with Gasteiger partial charge in [-0.15, -0.1) is 0 Å². The third kappa shape index (κ3) is 3.19. The predicted molar refractivity (Wildman–Crippen MR) is 99.3 cm³/mol. The first kappa shape index (κ1) is 17.4. The maximum Gasteiger partial charge on any atom is 0.261 e. The molecule has 1 N–H and O–H groups in total. The fourth-order valence-corrected chi connectivity index (χ4v) is 8.02. The van der Waals surface area contributed by atoms with E-state index in [1.807, 2.05) is 12.1 Å². The van der Waals surface area contributed by atoms with Crippen LogP contribution in [0.15, 0.2) is 60.7 Å². The van der Waals surface area contributed by atoms with Crippen molar-refractivity contribution in [2.75, 3.05) is 13.2 Å². The highest BCUT2D eigenvalue weighted by atomic mass is 28.4. The number of aliphatic hydroxyl groups is 1. The maximum atomic E-state index is 9.23. The molecular formula is C20H26O3Si. The fraction of sp³-hybridized carbons (Fsp3) is 0.400. The van der Waals surface area contributed by atoms with Crippen LogP contribution in [0.25, 0.3) is 0 Å². The molecule has 24 heavy (non-hydrogen) atoms. The molecule has 0 spiro atoms. The Balaban J connectivity index is 2.04. The minimum absolute atomic E-state index is 0.0108. The zero-order valence-corrected chi connectivity index (χ0v) is 15.6. The number of hydrogen-bond donors (Lipinski definition) is 1. The molecule has 0 unspecified atom stereocenters. The van der Waals surface area contributed by atoms with Crippen molar-refractivity contribution < 1.29 is 14.3 Å². The Hall–Kier alpha value is -1.46. The Kier molecular flexibility index (Phi) is 4.92. The van der Waals surface area contributed by atoms with E-state index < -0.39 is 8.32 Å². The van der Waals surface area contributed by atoms with Crippen LogP contribution >= 0.6 is 0 Å². The van der Waals surface area contributed by atoms with Crippen LogP contribution in [-0.2, 0) is 9.16 Å². The summed E-state index contributed by atoms with van der Waals surface area (Å²) in [5.74, 6) is 0. The molecule has 2 atom stereocenters. The highest BCUT2D eigenvalue weighted by Gasteiger charge is 2.51. The SMILES string of the molecule is CC(C)(C)[Si](OC[C@@H]1O[C@H]1CO)(c1ccccc1)c1ccccc1. The molecule has 1 fully saturated rings. The first-order valence-corrected chi connectivity index (χ1v) is 10.4. The van der Waals surface area contributed by atoms with Crippen LogP contribution in [0.3, 0.4) is 0 Å². The van der Waals surface area contributed by atoms with Crippen LogP contribution < -0.4 is 10.4 Å². The van der Waals surface area contributed by atoms with Crippen molar-refractivity contribution in [3.05, 3.63) is 60.7 Å². The summed E-state index contributed by atoms with van der Waals surface area (Å²) in [6.07, 6.45) is -0.0557. The monoisotopic (exact) mass is 342 g/mol. The molecule has 0 aromatic heterocycles. The van der Waals surface area contributed by atoms with Crippen LogP contribution in [0.5, 0.6) is 0 Å². The molecule has 1 aliphatic rings. The van der Waals surface area contributed by atoms with E-state index in [2.05, 4.69) is 69.3 Å². The fourth-order valence-electron chi connectivity index (χ4n) is 3.46. The molecule has 0 amide bonds. The quantitative estimate of drug-likeness (QED) is 0.647. The number of rotatable bonds is 6. The van der Waals surface area contributed by atoms with Crippen molar-refractivity contribution in [3.8, 4) is 0 Å². The van der Waals surface area contributed by atoms with Gasteiger partial charge in [0.1, 0.15) is 12.2 Å². The summed E-state index contributed by atoms with van der Waals surface area (Å²) in [6, 6.07) is 21.1. The smallest absolute Gasteiger partial charge is 0.261 e. The maximum absolute atomic E-state index is 9.23. The van der Waals surface area contributed by atoms with Gasteiger partial charge in [0.15, 0.2) is 0 Å². The lowest BCUT2D eigenvalue weighted by Crippen LogP contribution is -2.66. The van der Waals surface area contributed by atoms with Crippen molar-refractivity contribution in [1.82, 2.24) is 0 Å². The van der Waals surface area contributed by atoms with Gasteiger partial charge in [0.05, 0.1) is 13.2 Å². The lowest BCUT2D eigenvalue weighted by atomic mass is 10.2. The van der Waals surface area contributed by atoms with E-state index >= 15 is 0 Å². The number of hydrogen-bond acceptors (Lipinski definition) is 3. The van der Waals surface area contributed by atoms with Crippen molar-refractivity contribution in [2.24, 2.45) is 0 Å². The molecule has 1 saturated heterocycles. The topological polar surface area (TPSA) is 42.0 Å². The van der Waals surface area contributed by atoms with Gasteiger partial charge < -0.3 is 14.3 Å². The van der Waals surface area contributed by atoms with Gasteiger partial charge in [-0.05, 0) is 15.4 Å². The molecular weight excluding hydrogens is 316 g/mol. The molecule has 0 radical (unpaired) electrons. The average molecular weight is 343 g/mol. The van der Waals surface area contributed by atoms with Gasteiger partial charge in [-0.2, -0.15) is 0 Å². The Labute approximate surface area is 145 Å². The Bertz CT molecular complexity index is 612. The summed E-state index contributed by atoms with van der Waals surface area (Å²) in [6.45, 7) is 7.37. The normalized spacial score (nSPS) is 20.8. The van der Waals surface area contributed by atoms with Gasteiger partial charge in [-0.25, -0.2) is 0 Å². The Morgan fingerprint density at radius 2 is 1.42 bits per heavy atom. The lowest BCUT2D eigenvalue weighted by molar-refractivity contribution is 0.230. The van der Waals surface area contributed by atoms with Crippen LogP contribution in [0.1, 0.15) is 20.8 Å². The molecule has 0 saturated carbocycles. The van der Waals surface area contributed by atoms with Crippen molar-refractivity contribution in [3.63, 3.8) is 0 Å². The van der Waals surface area contributed by atoms with Gasteiger partial charge in [-0.1, -0.05) is 81.4 Å². The molecule has 1 aliphatic heterocycles. The Morgan fingerprint density at radius 1 is 0.917 bits per heavy atom. The van der Waals surface area contributed by atoms with Crippen LogP contribution in [0, 0.1) is 0 Å². The third-order valence-corrected chi connectivity index (χ3v) is 9.75. The molecule has 1 heterocycles. The second kappa shape index (κ2) is 6.80. The van der Waals surface area contributed by atoms with Crippen molar-refractivity contribution >= 4 is 18.7 Å². The minimum Gasteiger partial charge on any atom is -0.405 e. The first-order chi connectivity index (χ1) is 11.5. The standard InChI is InChI=1S/C20H26O3Si/c1-20(2,3)24(16-10-6-4-7-11-16,17-12-8-5-9-13-17)22-15-19-18(14-21)23-19/h4-13,18-19,21H,14-15H2,1-3H3/t18-,19-/m0/s1. The number of ether oxygens (including phenoxy) is 1. The molecule has 0 bridgehead atoms. The lowest BCUT2D eigenvalue weighted by Gasteiger charge is -2.43. The second-order valence-electron chi connectivity index (χ2n) is 7.37. The summed E-state index contributed by atoms with van der Waals surface area (Å²) in [7, 11) is -2.48. The molecule has 4 heteroatoms. The zero-order chi connectivity index (χ0) is 17.2. The Morgan fingerprint density at radius 3 is 1.79 bits per heavy atom. The third-order valence-electron chi connectivity index (χ3n) is 4.75. The highest BCUT2D eigenvalue weighted by molar-refractivity contribution is 6.99. The highest BCUT2D eigenvalue weighted by Crippen LogP contribution is 2.37. The number of aliphatic hydroxyl groups excluding tert-OH is 1. The molecule has 3 rings (SSSR count). The van der Waals surface area contributed by atoms with Gasteiger partial charge in [0, 0.05) is 0 Å². The van der Waals surface area contributed by atoms with E-state index in [9.17, 15) is 5.11 Å². The summed E-state index contributed by atoms with van der Waals surface area (Å²) in [5, 5.41) is 11.7. The number of benzene rings is 2. The second-order valence-corrected chi connectivity index (χ2v) is 11.7. The predicted octanol–water partition coefficient (Wildman–Crippen LogP) is 2.32. The summed E-state index contributed by atoms with van der Waals surface area (Å²) < 4.78 is 12.2. The molecule has 2 aromatic rings. The minimum atomic E-state index is -2.48. The van der Waals surface area contributed by atoms with Crippen molar-refractivity contribution in [2.45, 2.75) is 38.0 Å². The first-order valence-electron chi connectivity index (χ1n) is 8.50. The summed E-state index contributed by atoms with van der Waals surface area (Å²) >= 11 is 0. The van der Waals surface area contributed by atoms with E-state index in [-0.39, 0.29) is 23.9 Å². The molecule has 2 aromatic carbocycles. The van der Waals surface area contributed by atoms with E-state index in [0.717, 1.165) is 0 Å². The van der Waals surface area contributed by atoms with E-state index in [4.69, 9.17) is 9.16 Å². The van der Waals surface area contributed by atoms with Gasteiger partial charge in [-0.3, -0.25) is 0 Å². The van der Waals surface area contributed by atoms with Crippen LogP contribution in [0.4, 0.5) is 0 Å². The van der Waals surface area contributed by atoms with Crippen LogP contribution in [-0.4, -0.2) is 38.8 Å². The molecule has 0 aliphatic carbocycles. The molecule has 3 nitrogen and oxygen atoms in total. The average Bonchev–Trinajstić information content (AvgIpc) is 3.35. The van der Waals surface area contributed by atoms with E-state index in [1.165, 1.54) is 10.4 Å². The number of epoxide rings is 1. The largest absolute Gasteiger partial charge is 0.405 e. The van der Waals surface area contributed by atoms with Gasteiger partial charge in [0.25, 0.3) is 8.32 Å². The molecule has 128 valence electrons. The summed E-state index contributed by atoms with van der Waals surface area (Å²) in [5.41, 5.74) is 0. The van der Waals surface area contributed by atoms with Gasteiger partial charge >= 0.3 is 0 Å². The van der Waals surface area contributed by atoms with Gasteiger partial charge in [0.2, 0.25) is 0 Å². The van der Waals surface area contributed by atoms with Crippen LogP contribution in [0.2, 0.25) is 5.04 Å². The van der Waals surface area contributed by atoms with E-state index in [0.29, 0.717) is 6.61 Å². The van der Waals surface area contributed by atoms with Crippen molar-refractivity contribution in [1.29, 1.82) is 0 Å².